The number of ether oxygens (including phenoxy) is 1. The smallest absolute Gasteiger partial charge is 0.447 e. The monoisotopic (exact) mass is 618 g/mol. The zero-order valence-electron chi connectivity index (χ0n) is 17.0. The fraction of sp³-hybridized carbons (Fsp3) is 0.500. The van der Waals surface area contributed by atoms with Crippen LogP contribution in [0.4, 0.5) is 74.6 Å². The third-order valence-electron chi connectivity index (χ3n) is 4.38. The standard InChI is InChI=1S/C16H8F17O4P/c17-7(8(18)37-9(38(34,35)36)6-4-2-1-3-5-6)10(19,20)11(21,22)12(23,24)13(25,26)14(27,28)15(29,30)16(31,32)33/h1-5,9H,(H2,34,35,36). The molecule has 1 aromatic rings. The van der Waals surface area contributed by atoms with Gasteiger partial charge in [-0.15, -0.1) is 0 Å². The van der Waals surface area contributed by atoms with Crippen molar-refractivity contribution in [3.63, 3.8) is 0 Å². The highest BCUT2D eigenvalue weighted by atomic mass is 31.2. The van der Waals surface area contributed by atoms with Crippen LogP contribution < -0.4 is 0 Å². The van der Waals surface area contributed by atoms with Crippen molar-refractivity contribution in [3.05, 3.63) is 47.7 Å². The molecule has 0 radical (unpaired) electrons. The van der Waals surface area contributed by atoms with E-state index in [-0.39, 0.29) is 0 Å². The zero-order chi connectivity index (χ0) is 30.6. The number of rotatable bonds is 10. The van der Waals surface area contributed by atoms with Gasteiger partial charge in [-0.3, -0.25) is 4.57 Å². The van der Waals surface area contributed by atoms with Crippen molar-refractivity contribution in [2.45, 2.75) is 47.6 Å². The first-order valence-corrected chi connectivity index (χ1v) is 10.4. The quantitative estimate of drug-likeness (QED) is 0.164. The third-order valence-corrected chi connectivity index (χ3v) is 5.40. The predicted molar refractivity (Wildman–Crippen MR) is 87.3 cm³/mol. The number of hydrogen-bond acceptors (Lipinski definition) is 2. The lowest BCUT2D eigenvalue weighted by Crippen LogP contribution is -2.72. The van der Waals surface area contributed by atoms with Gasteiger partial charge in [-0.05, 0) is 0 Å². The number of allylic oxidation sites excluding steroid dienone is 1. The van der Waals surface area contributed by atoms with Crippen molar-refractivity contribution < 1.29 is 93.7 Å². The van der Waals surface area contributed by atoms with E-state index < -0.39 is 72.6 Å². The van der Waals surface area contributed by atoms with Gasteiger partial charge in [0.15, 0.2) is 0 Å². The number of alkyl halides is 15. The van der Waals surface area contributed by atoms with E-state index in [2.05, 4.69) is 4.74 Å². The van der Waals surface area contributed by atoms with Crippen molar-refractivity contribution >= 4 is 7.60 Å². The Kier molecular flexibility index (Phi) is 8.64. The minimum atomic E-state index is -8.75. The maximum absolute atomic E-state index is 13.8. The molecule has 1 rings (SSSR count). The molecule has 0 saturated heterocycles. The highest BCUT2D eigenvalue weighted by Gasteiger charge is 2.93. The summed E-state index contributed by atoms with van der Waals surface area (Å²) in [7, 11) is -5.95. The first-order chi connectivity index (χ1) is 16.5. The molecular formula is C16H8F17O4P. The fourth-order valence-electron chi connectivity index (χ4n) is 2.33. The van der Waals surface area contributed by atoms with Gasteiger partial charge < -0.3 is 14.5 Å². The van der Waals surface area contributed by atoms with Crippen LogP contribution in [0, 0.1) is 0 Å². The molecule has 0 bridgehead atoms. The molecule has 0 aliphatic rings. The van der Waals surface area contributed by atoms with Gasteiger partial charge in [-0.2, -0.15) is 74.6 Å². The Morgan fingerprint density at radius 3 is 1.39 bits per heavy atom. The van der Waals surface area contributed by atoms with E-state index in [1.165, 1.54) is 0 Å². The van der Waals surface area contributed by atoms with Crippen molar-refractivity contribution in [2.75, 3.05) is 0 Å². The van der Waals surface area contributed by atoms with Gasteiger partial charge in [-0.25, -0.2) is 0 Å². The van der Waals surface area contributed by atoms with E-state index in [0.717, 1.165) is 18.2 Å². The molecule has 0 aliphatic carbocycles. The Morgan fingerprint density at radius 2 is 1.03 bits per heavy atom. The number of halogens is 17. The Hall–Kier alpha value is -2.28. The van der Waals surface area contributed by atoms with Crippen LogP contribution in [-0.4, -0.2) is 51.5 Å². The first kappa shape index (κ1) is 33.7. The molecule has 0 aliphatic heterocycles. The van der Waals surface area contributed by atoms with Crippen molar-refractivity contribution in [2.24, 2.45) is 0 Å². The second-order valence-corrected chi connectivity index (χ2v) is 8.65. The van der Waals surface area contributed by atoms with Crippen LogP contribution in [0.2, 0.25) is 0 Å². The minimum Gasteiger partial charge on any atom is -0.447 e. The topological polar surface area (TPSA) is 66.8 Å². The second-order valence-electron chi connectivity index (χ2n) is 7.00. The highest BCUT2D eigenvalue weighted by molar-refractivity contribution is 7.52. The van der Waals surface area contributed by atoms with Crippen molar-refractivity contribution in [3.8, 4) is 0 Å². The van der Waals surface area contributed by atoms with Crippen LogP contribution in [0.1, 0.15) is 11.4 Å². The maximum atomic E-state index is 13.8. The lowest BCUT2D eigenvalue weighted by Gasteiger charge is -2.41. The molecule has 0 spiro atoms. The van der Waals surface area contributed by atoms with E-state index >= 15 is 0 Å². The minimum absolute atomic E-state index is 0.610. The van der Waals surface area contributed by atoms with Gasteiger partial charge >= 0.3 is 55.3 Å². The number of hydrogen-bond donors (Lipinski definition) is 2. The summed E-state index contributed by atoms with van der Waals surface area (Å²) in [6, 6.07) is 0.169. The van der Waals surface area contributed by atoms with E-state index in [9.17, 15) is 79.2 Å². The summed E-state index contributed by atoms with van der Waals surface area (Å²) in [4.78, 5) is 18.1. The van der Waals surface area contributed by atoms with Crippen LogP contribution in [0.3, 0.4) is 0 Å². The Morgan fingerprint density at radius 1 is 0.658 bits per heavy atom. The van der Waals surface area contributed by atoms with Gasteiger partial charge in [0.25, 0.3) is 0 Å². The molecule has 0 heterocycles. The van der Waals surface area contributed by atoms with E-state index in [1.54, 1.807) is 0 Å². The molecule has 1 aromatic carbocycles. The molecular weight excluding hydrogens is 610 g/mol. The van der Waals surface area contributed by atoms with Gasteiger partial charge in [0.2, 0.25) is 11.7 Å². The molecule has 0 aromatic heterocycles. The molecule has 220 valence electrons. The maximum Gasteiger partial charge on any atom is 0.460 e. The summed E-state index contributed by atoms with van der Waals surface area (Å²) in [5.41, 5.74) is -0.926. The SMILES string of the molecule is O=P(O)(O)C(OC(F)=C(F)C(F)(F)C(F)(F)C(F)(F)C(F)(F)C(F)(F)C(F)(F)C(F)(F)F)c1ccccc1. The molecule has 0 fully saturated rings. The van der Waals surface area contributed by atoms with Crippen LogP contribution in [-0.2, 0) is 9.30 Å². The fourth-order valence-corrected chi connectivity index (χ4v) is 3.12. The normalized spacial score (nSPS) is 16.7. The largest absolute Gasteiger partial charge is 0.460 e. The van der Waals surface area contributed by atoms with Gasteiger partial charge in [0.1, 0.15) is 0 Å². The summed E-state index contributed by atoms with van der Waals surface area (Å²) in [5, 5.41) is 0. The molecule has 1 atom stereocenters. The zero-order valence-corrected chi connectivity index (χ0v) is 17.9. The van der Waals surface area contributed by atoms with Gasteiger partial charge in [0.05, 0.1) is 0 Å². The summed E-state index contributed by atoms with van der Waals surface area (Å²) in [5.74, 6) is -58.5. The second kappa shape index (κ2) is 9.72. The number of benzene rings is 1. The average molecular weight is 618 g/mol. The van der Waals surface area contributed by atoms with E-state index in [0.29, 0.717) is 12.1 Å². The first-order valence-electron chi connectivity index (χ1n) is 8.69. The third kappa shape index (κ3) is 5.15. The van der Waals surface area contributed by atoms with E-state index in [1.807, 2.05) is 0 Å². The van der Waals surface area contributed by atoms with Crippen molar-refractivity contribution in [1.29, 1.82) is 0 Å². The molecule has 22 heteroatoms. The highest BCUT2D eigenvalue weighted by Crippen LogP contribution is 2.63. The van der Waals surface area contributed by atoms with Crippen LogP contribution in [0.15, 0.2) is 42.2 Å². The summed E-state index contributed by atoms with van der Waals surface area (Å²) >= 11 is 0. The molecule has 0 saturated carbocycles. The Bertz CT molecular complexity index is 1080. The lowest BCUT2D eigenvalue weighted by molar-refractivity contribution is -0.451. The molecule has 1 unspecified atom stereocenters. The lowest BCUT2D eigenvalue weighted by atomic mass is 9.91. The molecule has 0 amide bonds. The van der Waals surface area contributed by atoms with Crippen LogP contribution in [0.5, 0.6) is 0 Å². The predicted octanol–water partition coefficient (Wildman–Crippen LogP) is 7.36. The van der Waals surface area contributed by atoms with Crippen LogP contribution >= 0.6 is 7.60 Å². The molecule has 38 heavy (non-hydrogen) atoms. The average Bonchev–Trinajstić information content (AvgIpc) is 2.74. The summed E-state index contributed by atoms with van der Waals surface area (Å²) < 4.78 is 239. The Balaban J connectivity index is 3.67. The summed E-state index contributed by atoms with van der Waals surface area (Å²) in [6.07, 6.45) is -7.85. The molecule has 2 N–H and O–H groups in total. The molecule has 4 nitrogen and oxygen atoms in total. The van der Waals surface area contributed by atoms with Gasteiger partial charge in [0, 0.05) is 5.56 Å². The van der Waals surface area contributed by atoms with Gasteiger partial charge in [-0.1, -0.05) is 30.3 Å². The Labute approximate surface area is 197 Å². The van der Waals surface area contributed by atoms with E-state index in [4.69, 9.17) is 9.79 Å². The van der Waals surface area contributed by atoms with Crippen molar-refractivity contribution in [1.82, 2.24) is 0 Å². The van der Waals surface area contributed by atoms with Crippen LogP contribution in [0.25, 0.3) is 0 Å². The summed E-state index contributed by atoms with van der Waals surface area (Å²) in [6.45, 7) is 0.